The normalized spacial score (nSPS) is 18.5. The highest BCUT2D eigenvalue weighted by molar-refractivity contribution is 5.90. The summed E-state index contributed by atoms with van der Waals surface area (Å²) in [5.41, 5.74) is 7.60. The molecule has 0 aliphatic heterocycles. The molecule has 126 valence electrons. The van der Waals surface area contributed by atoms with Crippen molar-refractivity contribution in [2.45, 2.75) is 25.2 Å². The average molecular weight is 332 g/mol. The molecule has 1 atom stereocenters. The maximum Gasteiger partial charge on any atom is 0.161 e. The summed E-state index contributed by atoms with van der Waals surface area (Å²) in [5, 5.41) is 28.2. The number of hydrogen-bond acceptors (Lipinski definition) is 3. The van der Waals surface area contributed by atoms with E-state index in [4.69, 9.17) is 0 Å². The van der Waals surface area contributed by atoms with Gasteiger partial charge in [0.25, 0.3) is 0 Å². The highest BCUT2D eigenvalue weighted by Gasteiger charge is 2.23. The Balaban J connectivity index is 1.61. The third-order valence-corrected chi connectivity index (χ3v) is 4.94. The van der Waals surface area contributed by atoms with Crippen LogP contribution < -0.4 is 0 Å². The summed E-state index contributed by atoms with van der Waals surface area (Å²) in [4.78, 5) is 0. The number of allylic oxidation sites excluding steroid dienone is 4. The first-order valence-corrected chi connectivity index (χ1v) is 8.45. The van der Waals surface area contributed by atoms with Crippen LogP contribution in [0.1, 0.15) is 40.2 Å². The summed E-state index contributed by atoms with van der Waals surface area (Å²) < 4.78 is 0. The van der Waals surface area contributed by atoms with Gasteiger partial charge in [-0.05, 0) is 57.5 Å². The smallest absolute Gasteiger partial charge is 0.161 e. The van der Waals surface area contributed by atoms with Gasteiger partial charge < -0.3 is 15.3 Å². The molecule has 0 aromatic heterocycles. The Morgan fingerprint density at radius 2 is 1.92 bits per heavy atom. The number of aliphatic hydroxyl groups excluding tert-OH is 2. The first-order valence-electron chi connectivity index (χ1n) is 8.45. The lowest BCUT2D eigenvalue weighted by Crippen LogP contribution is -2.14. The van der Waals surface area contributed by atoms with Crippen LogP contribution in [0.25, 0.3) is 17.2 Å². The lowest BCUT2D eigenvalue weighted by atomic mass is 9.96. The van der Waals surface area contributed by atoms with E-state index in [1.54, 1.807) is 0 Å². The average Bonchev–Trinajstić information content (AvgIpc) is 3.28. The molecular weight excluding hydrogens is 312 g/mol. The Morgan fingerprint density at radius 3 is 2.72 bits per heavy atom. The highest BCUT2D eigenvalue weighted by Crippen LogP contribution is 2.37. The van der Waals surface area contributed by atoms with Gasteiger partial charge in [0.05, 0.1) is 12.5 Å². The summed E-state index contributed by atoms with van der Waals surface area (Å²) in [5.74, 6) is -0.339. The molecular formula is C22H20O3. The highest BCUT2D eigenvalue weighted by atomic mass is 16.5. The second-order valence-electron chi connectivity index (χ2n) is 6.53. The third-order valence-electron chi connectivity index (χ3n) is 4.94. The van der Waals surface area contributed by atoms with Crippen molar-refractivity contribution in [2.24, 2.45) is 0 Å². The van der Waals surface area contributed by atoms with Crippen molar-refractivity contribution in [3.63, 3.8) is 0 Å². The summed E-state index contributed by atoms with van der Waals surface area (Å²) in [7, 11) is 0. The molecule has 0 spiro atoms. The number of hydrogen-bond donors (Lipinski definition) is 3. The molecule has 3 heteroatoms. The van der Waals surface area contributed by atoms with Crippen LogP contribution in [-0.4, -0.2) is 21.6 Å². The van der Waals surface area contributed by atoms with Gasteiger partial charge in [0.2, 0.25) is 0 Å². The second kappa shape index (κ2) is 6.45. The predicted octanol–water partition coefficient (Wildman–Crippen LogP) is 3.47. The molecule has 4 rings (SSSR count). The van der Waals surface area contributed by atoms with E-state index in [-0.39, 0.29) is 12.5 Å². The second-order valence-corrected chi connectivity index (χ2v) is 6.53. The topological polar surface area (TPSA) is 60.7 Å². The first-order chi connectivity index (χ1) is 12.2. The molecule has 3 N–H and O–H groups in total. The minimum Gasteiger partial charge on any atom is -0.392 e. The van der Waals surface area contributed by atoms with Gasteiger partial charge in [0, 0.05) is 0 Å². The molecule has 25 heavy (non-hydrogen) atoms. The number of rotatable bonds is 4. The van der Waals surface area contributed by atoms with Crippen molar-refractivity contribution in [2.75, 3.05) is 0 Å². The number of benzene rings is 2. The quantitative estimate of drug-likeness (QED) is 0.751. The van der Waals surface area contributed by atoms with Crippen LogP contribution in [0.5, 0.6) is 0 Å². The zero-order chi connectivity index (χ0) is 17.4. The zero-order valence-corrected chi connectivity index (χ0v) is 13.8. The minimum atomic E-state index is -1.36. The van der Waals surface area contributed by atoms with E-state index in [2.05, 4.69) is 24.3 Å². The van der Waals surface area contributed by atoms with E-state index in [9.17, 15) is 15.3 Å². The summed E-state index contributed by atoms with van der Waals surface area (Å²) >= 11 is 0. The van der Waals surface area contributed by atoms with Gasteiger partial charge in [0.15, 0.2) is 6.29 Å². The van der Waals surface area contributed by atoms with Gasteiger partial charge in [-0.3, -0.25) is 0 Å². The fourth-order valence-corrected chi connectivity index (χ4v) is 3.57. The maximum absolute atomic E-state index is 9.45. The molecule has 2 aliphatic rings. The Morgan fingerprint density at radius 1 is 1.04 bits per heavy atom. The van der Waals surface area contributed by atoms with Crippen LogP contribution in [0, 0.1) is 0 Å². The standard InChI is InChI=1S/C22H20O3/c23-13-14-2-1-3-15(10-14)16-4-5-17(11-16)18-6-8-20-19(12-18)7-9-21(20)22(24)25/h1-3,5-12,21-25H,4,13H2. The van der Waals surface area contributed by atoms with Crippen molar-refractivity contribution in [1.82, 2.24) is 0 Å². The van der Waals surface area contributed by atoms with Gasteiger partial charge in [0.1, 0.15) is 0 Å². The van der Waals surface area contributed by atoms with E-state index in [1.165, 1.54) is 11.1 Å². The molecule has 2 aromatic rings. The summed E-state index contributed by atoms with van der Waals surface area (Å²) in [6, 6.07) is 14.1. The molecule has 0 saturated carbocycles. The van der Waals surface area contributed by atoms with E-state index in [0.29, 0.717) is 0 Å². The molecule has 0 saturated heterocycles. The van der Waals surface area contributed by atoms with Crippen LogP contribution in [0.2, 0.25) is 0 Å². The van der Waals surface area contributed by atoms with Gasteiger partial charge in [-0.2, -0.15) is 0 Å². The van der Waals surface area contributed by atoms with Gasteiger partial charge >= 0.3 is 0 Å². The van der Waals surface area contributed by atoms with Crippen molar-refractivity contribution in [1.29, 1.82) is 0 Å². The van der Waals surface area contributed by atoms with Crippen molar-refractivity contribution in [3.05, 3.63) is 88.5 Å². The number of fused-ring (bicyclic) bond motifs is 1. The Bertz CT molecular complexity index is 903. The molecule has 3 nitrogen and oxygen atoms in total. The van der Waals surface area contributed by atoms with Crippen LogP contribution >= 0.6 is 0 Å². The Hall–Kier alpha value is -2.46. The molecule has 2 aliphatic carbocycles. The largest absolute Gasteiger partial charge is 0.392 e. The molecule has 0 heterocycles. The van der Waals surface area contributed by atoms with Crippen molar-refractivity contribution < 1.29 is 15.3 Å². The molecule has 0 amide bonds. The zero-order valence-electron chi connectivity index (χ0n) is 13.8. The number of aliphatic hydroxyl groups is 3. The monoisotopic (exact) mass is 332 g/mol. The van der Waals surface area contributed by atoms with E-state index in [0.717, 1.165) is 34.2 Å². The van der Waals surface area contributed by atoms with Crippen LogP contribution in [0.15, 0.2) is 60.7 Å². The van der Waals surface area contributed by atoms with Crippen LogP contribution in [-0.2, 0) is 6.61 Å². The SMILES string of the molecule is OCc1cccc(C2=CC(c3ccc4c(c3)C=CC4C(O)O)=CC2)c1. The molecule has 0 radical (unpaired) electrons. The van der Waals surface area contributed by atoms with Crippen molar-refractivity contribution in [3.8, 4) is 0 Å². The molecule has 1 unspecified atom stereocenters. The molecule has 0 bridgehead atoms. The Kier molecular flexibility index (Phi) is 4.14. The lowest BCUT2D eigenvalue weighted by molar-refractivity contribution is -0.0490. The Labute approximate surface area is 146 Å². The molecule has 2 aromatic carbocycles. The van der Waals surface area contributed by atoms with Gasteiger partial charge in [-0.1, -0.05) is 54.6 Å². The van der Waals surface area contributed by atoms with Crippen LogP contribution in [0.4, 0.5) is 0 Å². The maximum atomic E-state index is 9.45. The fourth-order valence-electron chi connectivity index (χ4n) is 3.57. The van der Waals surface area contributed by atoms with Crippen LogP contribution in [0.3, 0.4) is 0 Å². The van der Waals surface area contributed by atoms with Gasteiger partial charge in [-0.15, -0.1) is 0 Å². The first kappa shape index (κ1) is 16.0. The minimum absolute atomic E-state index is 0.0520. The van der Waals surface area contributed by atoms with E-state index >= 15 is 0 Å². The van der Waals surface area contributed by atoms with Crippen molar-refractivity contribution >= 4 is 17.2 Å². The summed E-state index contributed by atoms with van der Waals surface area (Å²) in [6.07, 6.45) is 7.70. The van der Waals surface area contributed by atoms with E-state index in [1.807, 2.05) is 42.5 Å². The van der Waals surface area contributed by atoms with E-state index < -0.39 is 6.29 Å². The fraction of sp³-hybridized carbons (Fsp3) is 0.182. The third kappa shape index (κ3) is 2.98. The van der Waals surface area contributed by atoms with Gasteiger partial charge in [-0.25, -0.2) is 0 Å². The molecule has 0 fully saturated rings. The lowest BCUT2D eigenvalue weighted by Gasteiger charge is -2.13. The predicted molar refractivity (Wildman–Crippen MR) is 99.4 cm³/mol. The summed E-state index contributed by atoms with van der Waals surface area (Å²) in [6.45, 7) is 0.0520.